The summed E-state index contributed by atoms with van der Waals surface area (Å²) >= 11 is 3.74. The first-order valence-electron chi connectivity index (χ1n) is 5.18. The zero-order valence-electron chi connectivity index (χ0n) is 8.37. The van der Waals surface area contributed by atoms with Crippen LogP contribution in [0.4, 0.5) is 0 Å². The normalized spacial score (nSPS) is 17.9. The molecule has 1 aromatic carbocycles. The third kappa shape index (κ3) is 2.30. The summed E-state index contributed by atoms with van der Waals surface area (Å²) in [4.78, 5) is 0.540. The van der Waals surface area contributed by atoms with Crippen LogP contribution < -0.4 is 4.74 Å². The molecule has 14 heavy (non-hydrogen) atoms. The molecule has 0 bridgehead atoms. The van der Waals surface area contributed by atoms with Crippen molar-refractivity contribution in [2.24, 2.45) is 5.92 Å². The first-order chi connectivity index (χ1) is 6.81. The number of rotatable bonds is 4. The van der Waals surface area contributed by atoms with Crippen LogP contribution in [0.3, 0.4) is 0 Å². The van der Waals surface area contributed by atoms with Crippen LogP contribution >= 0.6 is 15.9 Å². The second-order valence-corrected chi connectivity index (χ2v) is 4.73. The van der Waals surface area contributed by atoms with Crippen molar-refractivity contribution >= 4 is 15.9 Å². The van der Waals surface area contributed by atoms with Gasteiger partial charge in [-0.2, -0.15) is 0 Å². The molecular weight excluding hydrogens is 240 g/mol. The highest BCUT2D eigenvalue weighted by molar-refractivity contribution is 9.09. The van der Waals surface area contributed by atoms with Crippen molar-refractivity contribution in [2.45, 2.75) is 24.6 Å². The monoisotopic (exact) mass is 254 g/mol. The minimum Gasteiger partial charge on any atom is -0.494 e. The Hall–Kier alpha value is -0.500. The molecule has 0 heterocycles. The fourth-order valence-corrected chi connectivity index (χ4v) is 2.41. The van der Waals surface area contributed by atoms with Crippen molar-refractivity contribution in [1.29, 1.82) is 0 Å². The summed E-state index contributed by atoms with van der Waals surface area (Å²) < 4.78 is 5.40. The average Bonchev–Trinajstić information content (AvgIpc) is 3.02. The van der Waals surface area contributed by atoms with Crippen molar-refractivity contribution in [3.05, 3.63) is 29.8 Å². The molecule has 2 rings (SSSR count). The van der Waals surface area contributed by atoms with Gasteiger partial charge in [-0.15, -0.1) is 0 Å². The lowest BCUT2D eigenvalue weighted by molar-refractivity contribution is 0.340. The van der Waals surface area contributed by atoms with Gasteiger partial charge >= 0.3 is 0 Å². The predicted octanol–water partition coefficient (Wildman–Crippen LogP) is 3.93. The van der Waals surface area contributed by atoms with Crippen molar-refractivity contribution in [2.75, 3.05) is 6.61 Å². The van der Waals surface area contributed by atoms with E-state index < -0.39 is 0 Å². The zero-order valence-corrected chi connectivity index (χ0v) is 9.96. The average molecular weight is 255 g/mol. The van der Waals surface area contributed by atoms with Gasteiger partial charge in [-0.3, -0.25) is 0 Å². The molecule has 0 aliphatic heterocycles. The largest absolute Gasteiger partial charge is 0.494 e. The third-order valence-electron chi connectivity index (χ3n) is 2.55. The molecular formula is C12H15BrO. The van der Waals surface area contributed by atoms with Gasteiger partial charge in [0.25, 0.3) is 0 Å². The van der Waals surface area contributed by atoms with Crippen LogP contribution in [-0.4, -0.2) is 6.61 Å². The van der Waals surface area contributed by atoms with Gasteiger partial charge in [0.1, 0.15) is 5.75 Å². The van der Waals surface area contributed by atoms with Crippen LogP contribution in [-0.2, 0) is 0 Å². The van der Waals surface area contributed by atoms with Gasteiger partial charge in [-0.1, -0.05) is 28.1 Å². The van der Waals surface area contributed by atoms with E-state index in [2.05, 4.69) is 40.2 Å². The second-order valence-electron chi connectivity index (χ2n) is 3.74. The third-order valence-corrected chi connectivity index (χ3v) is 3.82. The molecule has 1 aliphatic rings. The molecule has 1 nitrogen and oxygen atoms in total. The van der Waals surface area contributed by atoms with Crippen molar-refractivity contribution in [1.82, 2.24) is 0 Å². The fourth-order valence-electron chi connectivity index (χ4n) is 1.58. The Balaban J connectivity index is 2.04. The molecule has 76 valence electrons. The molecule has 0 radical (unpaired) electrons. The Labute approximate surface area is 93.6 Å². The number of benzene rings is 1. The maximum Gasteiger partial charge on any atom is 0.119 e. The van der Waals surface area contributed by atoms with Gasteiger partial charge in [0.05, 0.1) is 6.61 Å². The summed E-state index contributed by atoms with van der Waals surface area (Å²) in [5.74, 6) is 1.82. The van der Waals surface area contributed by atoms with E-state index in [4.69, 9.17) is 4.74 Å². The van der Waals surface area contributed by atoms with E-state index in [-0.39, 0.29) is 0 Å². The van der Waals surface area contributed by atoms with E-state index >= 15 is 0 Å². The molecule has 0 N–H and O–H groups in total. The van der Waals surface area contributed by atoms with E-state index in [0.29, 0.717) is 4.83 Å². The lowest BCUT2D eigenvalue weighted by Crippen LogP contribution is -1.94. The van der Waals surface area contributed by atoms with Crippen molar-refractivity contribution in [3.63, 3.8) is 0 Å². The Bertz CT molecular complexity index is 290. The number of ether oxygens (including phenoxy) is 1. The minimum atomic E-state index is 0.540. The van der Waals surface area contributed by atoms with Crippen LogP contribution in [0.1, 0.15) is 30.2 Å². The predicted molar refractivity (Wildman–Crippen MR) is 62.0 cm³/mol. The summed E-state index contributed by atoms with van der Waals surface area (Å²) in [6, 6.07) is 8.41. The van der Waals surface area contributed by atoms with Crippen LogP contribution in [0.25, 0.3) is 0 Å². The molecule has 1 aromatic rings. The van der Waals surface area contributed by atoms with Gasteiger partial charge in [-0.05, 0) is 43.4 Å². The standard InChI is InChI=1S/C12H15BrO/c1-2-14-11-7-5-10(6-8-11)12(13)9-3-4-9/h5-9,12H,2-4H2,1H3. The highest BCUT2D eigenvalue weighted by Crippen LogP contribution is 2.46. The summed E-state index contributed by atoms with van der Waals surface area (Å²) in [6.45, 7) is 2.74. The number of hydrogen-bond acceptors (Lipinski definition) is 1. The summed E-state index contributed by atoms with van der Waals surface area (Å²) in [6.07, 6.45) is 2.73. The topological polar surface area (TPSA) is 9.23 Å². The Morgan fingerprint density at radius 2 is 2.00 bits per heavy atom. The van der Waals surface area contributed by atoms with Crippen LogP contribution in [0, 0.1) is 5.92 Å². The maximum atomic E-state index is 5.40. The molecule has 1 unspecified atom stereocenters. The van der Waals surface area contributed by atoms with Gasteiger partial charge in [0.15, 0.2) is 0 Å². The molecule has 0 spiro atoms. The zero-order chi connectivity index (χ0) is 9.97. The van der Waals surface area contributed by atoms with E-state index in [1.54, 1.807) is 0 Å². The summed E-state index contributed by atoms with van der Waals surface area (Å²) in [5, 5.41) is 0. The van der Waals surface area contributed by atoms with Gasteiger partial charge < -0.3 is 4.74 Å². The lowest BCUT2D eigenvalue weighted by atomic mass is 10.1. The maximum absolute atomic E-state index is 5.40. The number of hydrogen-bond donors (Lipinski definition) is 0. The van der Waals surface area contributed by atoms with E-state index in [9.17, 15) is 0 Å². The summed E-state index contributed by atoms with van der Waals surface area (Å²) in [5.41, 5.74) is 1.37. The first kappa shape index (κ1) is 10.0. The van der Waals surface area contributed by atoms with Gasteiger partial charge in [0, 0.05) is 4.83 Å². The molecule has 1 fully saturated rings. The highest BCUT2D eigenvalue weighted by Gasteiger charge is 2.30. The van der Waals surface area contributed by atoms with E-state index in [1.165, 1.54) is 18.4 Å². The Kier molecular flexibility index (Phi) is 3.12. The molecule has 1 atom stereocenters. The van der Waals surface area contributed by atoms with Crippen molar-refractivity contribution < 1.29 is 4.74 Å². The number of alkyl halides is 1. The van der Waals surface area contributed by atoms with Gasteiger partial charge in [0.2, 0.25) is 0 Å². The quantitative estimate of drug-likeness (QED) is 0.740. The molecule has 1 saturated carbocycles. The van der Waals surface area contributed by atoms with E-state index in [0.717, 1.165) is 18.3 Å². The molecule has 0 amide bonds. The smallest absolute Gasteiger partial charge is 0.119 e. The molecule has 0 aromatic heterocycles. The fraction of sp³-hybridized carbons (Fsp3) is 0.500. The van der Waals surface area contributed by atoms with Crippen LogP contribution in [0.5, 0.6) is 5.75 Å². The van der Waals surface area contributed by atoms with Gasteiger partial charge in [-0.25, -0.2) is 0 Å². The first-order valence-corrected chi connectivity index (χ1v) is 6.09. The van der Waals surface area contributed by atoms with Crippen LogP contribution in [0.2, 0.25) is 0 Å². The molecule has 0 saturated heterocycles. The SMILES string of the molecule is CCOc1ccc(C(Br)C2CC2)cc1. The second kappa shape index (κ2) is 4.35. The van der Waals surface area contributed by atoms with E-state index in [1.807, 2.05) is 6.92 Å². The minimum absolute atomic E-state index is 0.540. The lowest BCUT2D eigenvalue weighted by Gasteiger charge is -2.09. The molecule has 1 aliphatic carbocycles. The molecule has 2 heteroatoms. The van der Waals surface area contributed by atoms with Crippen molar-refractivity contribution in [3.8, 4) is 5.75 Å². The summed E-state index contributed by atoms with van der Waals surface area (Å²) in [7, 11) is 0. The Morgan fingerprint density at radius 1 is 1.36 bits per heavy atom. The number of halogens is 1. The Morgan fingerprint density at radius 3 is 2.50 bits per heavy atom. The highest BCUT2D eigenvalue weighted by atomic mass is 79.9. The van der Waals surface area contributed by atoms with Crippen LogP contribution in [0.15, 0.2) is 24.3 Å².